The van der Waals surface area contributed by atoms with Crippen LogP contribution >= 0.6 is 11.6 Å². The highest BCUT2D eigenvalue weighted by molar-refractivity contribution is 6.33. The fourth-order valence-electron chi connectivity index (χ4n) is 1.94. The molecule has 1 heterocycles. The molecule has 0 saturated heterocycles. The van der Waals surface area contributed by atoms with Gasteiger partial charge in [0.15, 0.2) is 0 Å². The number of hydrogen-bond donors (Lipinski definition) is 0. The van der Waals surface area contributed by atoms with Crippen LogP contribution < -0.4 is 0 Å². The molecular weight excluding hydrogens is 279 g/mol. The molecule has 1 atom stereocenters. The van der Waals surface area contributed by atoms with Gasteiger partial charge in [-0.1, -0.05) is 29.8 Å². The minimum absolute atomic E-state index is 0.270. The Kier molecular flexibility index (Phi) is 4.35. The van der Waals surface area contributed by atoms with Gasteiger partial charge in [0.05, 0.1) is 16.6 Å². The maximum absolute atomic E-state index is 13.8. The van der Waals surface area contributed by atoms with Gasteiger partial charge in [0.25, 0.3) is 5.91 Å². The van der Waals surface area contributed by atoms with Gasteiger partial charge in [-0.2, -0.15) is 0 Å². The Bertz CT molecular complexity index is 633. The van der Waals surface area contributed by atoms with Crippen molar-refractivity contribution < 1.29 is 9.18 Å². The minimum Gasteiger partial charge on any atom is -0.335 e. The fraction of sp³-hybridized carbons (Fsp3) is 0.200. The van der Waals surface area contributed by atoms with E-state index >= 15 is 0 Å². The smallest absolute Gasteiger partial charge is 0.255 e. The maximum atomic E-state index is 13.8. The summed E-state index contributed by atoms with van der Waals surface area (Å²) >= 11 is 5.96. The molecule has 0 saturated carbocycles. The van der Waals surface area contributed by atoms with Crippen LogP contribution in [0.25, 0.3) is 0 Å². The van der Waals surface area contributed by atoms with Crippen molar-refractivity contribution in [1.29, 1.82) is 0 Å². The van der Waals surface area contributed by atoms with E-state index in [-0.39, 0.29) is 16.7 Å². The van der Waals surface area contributed by atoms with Crippen LogP contribution in [0.3, 0.4) is 0 Å². The molecule has 0 bridgehead atoms. The summed E-state index contributed by atoms with van der Waals surface area (Å²) in [6, 6.07) is 7.56. The zero-order chi connectivity index (χ0) is 14.7. The van der Waals surface area contributed by atoms with Gasteiger partial charge < -0.3 is 4.90 Å². The van der Waals surface area contributed by atoms with Gasteiger partial charge in [0, 0.05) is 25.0 Å². The number of hydrogen-bond acceptors (Lipinski definition) is 2. The third kappa shape index (κ3) is 2.80. The molecule has 1 aromatic carbocycles. The molecule has 2 rings (SSSR count). The Hall–Kier alpha value is -1.94. The third-order valence-electron chi connectivity index (χ3n) is 3.26. The molecule has 2 aromatic rings. The highest BCUT2D eigenvalue weighted by Gasteiger charge is 2.22. The van der Waals surface area contributed by atoms with E-state index in [1.54, 1.807) is 38.2 Å². The molecule has 20 heavy (non-hydrogen) atoms. The summed E-state index contributed by atoms with van der Waals surface area (Å²) in [7, 11) is 1.62. The Balaban J connectivity index is 2.28. The van der Waals surface area contributed by atoms with Crippen molar-refractivity contribution in [2.45, 2.75) is 13.0 Å². The molecule has 0 radical (unpaired) electrons. The lowest BCUT2D eigenvalue weighted by Crippen LogP contribution is -2.30. The lowest BCUT2D eigenvalue weighted by atomic mass is 10.1. The normalized spacial score (nSPS) is 12.0. The Morgan fingerprint density at radius 1 is 1.35 bits per heavy atom. The van der Waals surface area contributed by atoms with Gasteiger partial charge in [0.2, 0.25) is 0 Å². The molecule has 0 aliphatic rings. The second kappa shape index (κ2) is 6.01. The van der Waals surface area contributed by atoms with Crippen molar-refractivity contribution in [3.8, 4) is 0 Å². The van der Waals surface area contributed by atoms with E-state index in [0.29, 0.717) is 11.1 Å². The molecule has 1 unspecified atom stereocenters. The first kappa shape index (κ1) is 14.5. The number of halogens is 2. The van der Waals surface area contributed by atoms with E-state index in [2.05, 4.69) is 4.98 Å². The van der Waals surface area contributed by atoms with Crippen LogP contribution in [-0.4, -0.2) is 22.8 Å². The Morgan fingerprint density at radius 2 is 2.05 bits per heavy atom. The highest BCUT2D eigenvalue weighted by Crippen LogP contribution is 2.24. The van der Waals surface area contributed by atoms with Crippen molar-refractivity contribution >= 4 is 17.5 Å². The first-order valence-corrected chi connectivity index (χ1v) is 6.51. The van der Waals surface area contributed by atoms with E-state index in [0.717, 1.165) is 0 Å². The molecule has 0 aliphatic carbocycles. The van der Waals surface area contributed by atoms with Crippen LogP contribution in [0.4, 0.5) is 4.39 Å². The molecule has 0 N–H and O–H groups in total. The van der Waals surface area contributed by atoms with E-state index in [4.69, 9.17) is 11.6 Å². The van der Waals surface area contributed by atoms with E-state index < -0.39 is 6.04 Å². The monoisotopic (exact) mass is 292 g/mol. The predicted octanol–water partition coefficient (Wildman–Crippen LogP) is 3.71. The molecule has 1 aromatic heterocycles. The molecule has 3 nitrogen and oxygen atoms in total. The molecular formula is C15H14ClFN2O. The summed E-state index contributed by atoms with van der Waals surface area (Å²) in [6.07, 6.45) is 2.91. The van der Waals surface area contributed by atoms with Gasteiger partial charge in [0.1, 0.15) is 5.82 Å². The van der Waals surface area contributed by atoms with Crippen molar-refractivity contribution in [3.05, 3.63) is 64.7 Å². The largest absolute Gasteiger partial charge is 0.335 e. The summed E-state index contributed by atoms with van der Waals surface area (Å²) in [5.41, 5.74) is 0.820. The lowest BCUT2D eigenvalue weighted by Gasteiger charge is -2.26. The lowest BCUT2D eigenvalue weighted by molar-refractivity contribution is 0.0740. The van der Waals surface area contributed by atoms with Crippen LogP contribution in [0.2, 0.25) is 5.02 Å². The molecule has 104 valence electrons. The highest BCUT2D eigenvalue weighted by atomic mass is 35.5. The average molecular weight is 293 g/mol. The van der Waals surface area contributed by atoms with Gasteiger partial charge in [-0.25, -0.2) is 4.39 Å². The van der Waals surface area contributed by atoms with Gasteiger partial charge in [-0.05, 0) is 19.1 Å². The molecule has 1 amide bonds. The summed E-state index contributed by atoms with van der Waals surface area (Å²) in [5, 5.41) is 0.282. The van der Waals surface area contributed by atoms with E-state index in [9.17, 15) is 9.18 Å². The van der Waals surface area contributed by atoms with Crippen molar-refractivity contribution in [1.82, 2.24) is 9.88 Å². The second-order valence-corrected chi connectivity index (χ2v) is 4.88. The number of carbonyl (C=O) groups excluding carboxylic acids is 1. The van der Waals surface area contributed by atoms with Crippen LogP contribution in [-0.2, 0) is 0 Å². The van der Waals surface area contributed by atoms with Crippen molar-refractivity contribution in [2.75, 3.05) is 7.05 Å². The number of benzene rings is 1. The molecule has 5 heteroatoms. The first-order valence-electron chi connectivity index (χ1n) is 6.13. The minimum atomic E-state index is -0.395. The standard InChI is InChI=1S/C15H14ClFN2O/c1-10(11-5-3-4-6-14(11)17)19(2)15(20)12-7-8-18-9-13(12)16/h3-10H,1-2H3. The maximum Gasteiger partial charge on any atom is 0.255 e. The quantitative estimate of drug-likeness (QED) is 0.864. The third-order valence-corrected chi connectivity index (χ3v) is 3.56. The molecule has 0 aliphatic heterocycles. The van der Waals surface area contributed by atoms with Crippen LogP contribution in [0.1, 0.15) is 28.9 Å². The first-order chi connectivity index (χ1) is 9.52. The number of rotatable bonds is 3. The van der Waals surface area contributed by atoms with E-state index in [1.165, 1.54) is 23.4 Å². The van der Waals surface area contributed by atoms with Gasteiger partial charge in [-0.15, -0.1) is 0 Å². The molecule has 0 spiro atoms. The average Bonchev–Trinajstić information content (AvgIpc) is 2.46. The summed E-state index contributed by atoms with van der Waals surface area (Å²) in [6.45, 7) is 1.77. The summed E-state index contributed by atoms with van der Waals surface area (Å²) < 4.78 is 13.8. The Labute approximate surface area is 122 Å². The number of amides is 1. The van der Waals surface area contributed by atoms with Crippen LogP contribution in [0.15, 0.2) is 42.7 Å². The number of pyridine rings is 1. The number of nitrogens with zero attached hydrogens (tertiary/aromatic N) is 2. The van der Waals surface area contributed by atoms with Crippen molar-refractivity contribution in [3.63, 3.8) is 0 Å². The number of aromatic nitrogens is 1. The van der Waals surface area contributed by atoms with Gasteiger partial charge >= 0.3 is 0 Å². The van der Waals surface area contributed by atoms with Crippen molar-refractivity contribution in [2.24, 2.45) is 0 Å². The Morgan fingerprint density at radius 3 is 2.70 bits per heavy atom. The summed E-state index contributed by atoms with van der Waals surface area (Å²) in [4.78, 5) is 17.7. The molecule has 0 fully saturated rings. The van der Waals surface area contributed by atoms with Crippen LogP contribution in [0.5, 0.6) is 0 Å². The zero-order valence-corrected chi connectivity index (χ0v) is 11.9. The fourth-order valence-corrected chi connectivity index (χ4v) is 2.14. The number of carbonyl (C=O) groups is 1. The summed E-state index contributed by atoms with van der Waals surface area (Å²) in [5.74, 6) is -0.603. The van der Waals surface area contributed by atoms with Crippen LogP contribution in [0, 0.1) is 5.82 Å². The van der Waals surface area contributed by atoms with E-state index in [1.807, 2.05) is 0 Å². The predicted molar refractivity (Wildman–Crippen MR) is 76.2 cm³/mol. The van der Waals surface area contributed by atoms with Gasteiger partial charge in [-0.3, -0.25) is 9.78 Å². The second-order valence-electron chi connectivity index (χ2n) is 4.47. The zero-order valence-electron chi connectivity index (χ0n) is 11.2. The topological polar surface area (TPSA) is 33.2 Å². The SMILES string of the molecule is CC(c1ccccc1F)N(C)C(=O)c1ccncc1Cl.